The predicted molar refractivity (Wildman–Crippen MR) is 86.5 cm³/mol. The standard InChI is InChI=1S/C15H15ClN2O2S/c1-10-5-6-21-14(10)8-17-18-15(19)9-20-12-3-4-13(16)11(2)7-12/h3-8H,9H2,1-2H3,(H,18,19)/b17-8+. The van der Waals surface area contributed by atoms with Gasteiger partial charge in [0.15, 0.2) is 6.61 Å². The summed E-state index contributed by atoms with van der Waals surface area (Å²) < 4.78 is 5.37. The number of halogens is 1. The number of hydrogen-bond acceptors (Lipinski definition) is 4. The fraction of sp³-hybridized carbons (Fsp3) is 0.200. The molecule has 0 bridgehead atoms. The van der Waals surface area contributed by atoms with E-state index in [4.69, 9.17) is 16.3 Å². The van der Waals surface area contributed by atoms with Crippen LogP contribution in [0.25, 0.3) is 0 Å². The lowest BCUT2D eigenvalue weighted by atomic mass is 10.2. The molecule has 1 amide bonds. The second kappa shape index (κ2) is 7.24. The number of nitrogens with zero attached hydrogens (tertiary/aromatic N) is 1. The molecule has 1 aromatic carbocycles. The van der Waals surface area contributed by atoms with Crippen molar-refractivity contribution in [2.45, 2.75) is 13.8 Å². The zero-order valence-corrected chi connectivity index (χ0v) is 13.3. The molecule has 1 N–H and O–H groups in total. The maximum absolute atomic E-state index is 11.6. The van der Waals surface area contributed by atoms with Crippen LogP contribution in [0.5, 0.6) is 5.75 Å². The van der Waals surface area contributed by atoms with E-state index in [0.29, 0.717) is 10.8 Å². The molecule has 4 nitrogen and oxygen atoms in total. The molecule has 0 aliphatic rings. The van der Waals surface area contributed by atoms with Gasteiger partial charge in [0.05, 0.1) is 6.21 Å². The first-order valence-electron chi connectivity index (χ1n) is 6.31. The third-order valence-electron chi connectivity index (χ3n) is 2.77. The Bertz CT molecular complexity index is 667. The fourth-order valence-corrected chi connectivity index (χ4v) is 2.47. The second-order valence-corrected chi connectivity index (χ2v) is 5.82. The number of benzene rings is 1. The van der Waals surface area contributed by atoms with Crippen LogP contribution in [0, 0.1) is 13.8 Å². The summed E-state index contributed by atoms with van der Waals surface area (Å²) in [5.41, 5.74) is 4.46. The molecule has 0 unspecified atom stereocenters. The third kappa shape index (κ3) is 4.58. The Kier molecular flexibility index (Phi) is 5.36. The zero-order valence-electron chi connectivity index (χ0n) is 11.7. The Morgan fingerprint density at radius 2 is 2.19 bits per heavy atom. The lowest BCUT2D eigenvalue weighted by Gasteiger charge is -2.06. The van der Waals surface area contributed by atoms with Gasteiger partial charge in [-0.2, -0.15) is 5.10 Å². The quantitative estimate of drug-likeness (QED) is 0.676. The number of thiophene rings is 1. The molecule has 2 rings (SSSR count). The molecule has 0 aliphatic carbocycles. The van der Waals surface area contributed by atoms with Crippen molar-refractivity contribution in [2.75, 3.05) is 6.61 Å². The molecule has 21 heavy (non-hydrogen) atoms. The molecular weight excluding hydrogens is 308 g/mol. The van der Waals surface area contributed by atoms with Crippen molar-refractivity contribution in [2.24, 2.45) is 5.10 Å². The monoisotopic (exact) mass is 322 g/mol. The first-order valence-corrected chi connectivity index (χ1v) is 7.57. The molecule has 0 spiro atoms. The number of carbonyl (C=O) groups is 1. The first-order chi connectivity index (χ1) is 10.1. The number of nitrogens with one attached hydrogen (secondary N) is 1. The van der Waals surface area contributed by atoms with Crippen LogP contribution in [0.2, 0.25) is 5.02 Å². The summed E-state index contributed by atoms with van der Waals surface area (Å²) in [5.74, 6) is 0.290. The highest BCUT2D eigenvalue weighted by Gasteiger charge is 2.03. The van der Waals surface area contributed by atoms with Crippen LogP contribution in [0.1, 0.15) is 16.0 Å². The summed E-state index contributed by atoms with van der Waals surface area (Å²) in [6, 6.07) is 7.25. The fourth-order valence-electron chi connectivity index (χ4n) is 1.57. The van der Waals surface area contributed by atoms with Crippen LogP contribution >= 0.6 is 22.9 Å². The van der Waals surface area contributed by atoms with E-state index >= 15 is 0 Å². The van der Waals surface area contributed by atoms with Gasteiger partial charge in [0.2, 0.25) is 0 Å². The van der Waals surface area contributed by atoms with Crippen molar-refractivity contribution in [3.05, 3.63) is 50.7 Å². The smallest absolute Gasteiger partial charge is 0.277 e. The number of aryl methyl sites for hydroxylation is 2. The molecule has 2 aromatic rings. The number of amides is 1. The molecular formula is C15H15ClN2O2S. The van der Waals surface area contributed by atoms with Gasteiger partial charge >= 0.3 is 0 Å². The number of hydrogen-bond donors (Lipinski definition) is 1. The van der Waals surface area contributed by atoms with Crippen LogP contribution in [-0.4, -0.2) is 18.7 Å². The minimum absolute atomic E-state index is 0.0954. The Balaban J connectivity index is 1.81. The van der Waals surface area contributed by atoms with Gasteiger partial charge in [-0.05, 0) is 54.6 Å². The molecule has 0 fully saturated rings. The summed E-state index contributed by atoms with van der Waals surface area (Å²) in [5, 5.41) is 6.55. The van der Waals surface area contributed by atoms with Crippen molar-refractivity contribution < 1.29 is 9.53 Å². The van der Waals surface area contributed by atoms with E-state index in [9.17, 15) is 4.79 Å². The highest BCUT2D eigenvalue weighted by atomic mass is 35.5. The number of hydrazone groups is 1. The van der Waals surface area contributed by atoms with Crippen molar-refractivity contribution >= 4 is 35.1 Å². The van der Waals surface area contributed by atoms with E-state index in [2.05, 4.69) is 10.5 Å². The van der Waals surface area contributed by atoms with E-state index in [0.717, 1.165) is 16.0 Å². The van der Waals surface area contributed by atoms with Crippen LogP contribution in [-0.2, 0) is 4.79 Å². The molecule has 1 heterocycles. The molecule has 0 aliphatic heterocycles. The van der Waals surface area contributed by atoms with Crippen molar-refractivity contribution in [3.63, 3.8) is 0 Å². The lowest BCUT2D eigenvalue weighted by molar-refractivity contribution is -0.123. The molecule has 6 heteroatoms. The topological polar surface area (TPSA) is 50.7 Å². The third-order valence-corrected chi connectivity index (χ3v) is 4.15. The van der Waals surface area contributed by atoms with E-state index in [1.165, 1.54) is 0 Å². The van der Waals surface area contributed by atoms with Gasteiger partial charge in [-0.15, -0.1) is 11.3 Å². The van der Waals surface area contributed by atoms with Crippen LogP contribution in [0.4, 0.5) is 0 Å². The molecule has 0 radical (unpaired) electrons. The van der Waals surface area contributed by atoms with Gasteiger partial charge in [-0.25, -0.2) is 5.43 Å². The average molecular weight is 323 g/mol. The van der Waals surface area contributed by atoms with Gasteiger partial charge < -0.3 is 4.74 Å². The van der Waals surface area contributed by atoms with Gasteiger partial charge in [0.25, 0.3) is 5.91 Å². The zero-order chi connectivity index (χ0) is 15.2. The summed E-state index contributed by atoms with van der Waals surface area (Å²) in [6.45, 7) is 3.77. The summed E-state index contributed by atoms with van der Waals surface area (Å²) in [6.07, 6.45) is 1.63. The maximum Gasteiger partial charge on any atom is 0.277 e. The largest absolute Gasteiger partial charge is 0.484 e. The number of carbonyl (C=O) groups excluding carboxylic acids is 1. The number of ether oxygens (including phenoxy) is 1. The van der Waals surface area contributed by atoms with Crippen LogP contribution in [0.15, 0.2) is 34.7 Å². The summed E-state index contributed by atoms with van der Waals surface area (Å²) in [7, 11) is 0. The molecule has 0 saturated carbocycles. The van der Waals surface area contributed by atoms with E-state index in [1.54, 1.807) is 35.8 Å². The average Bonchev–Trinajstić information content (AvgIpc) is 2.86. The van der Waals surface area contributed by atoms with E-state index in [1.807, 2.05) is 25.3 Å². The van der Waals surface area contributed by atoms with Crippen LogP contribution < -0.4 is 10.2 Å². The Labute approximate surface area is 132 Å². The lowest BCUT2D eigenvalue weighted by Crippen LogP contribution is -2.24. The maximum atomic E-state index is 11.6. The van der Waals surface area contributed by atoms with Crippen molar-refractivity contribution in [3.8, 4) is 5.75 Å². The Morgan fingerprint density at radius 1 is 1.38 bits per heavy atom. The molecule has 0 saturated heterocycles. The Hall–Kier alpha value is -1.85. The second-order valence-electron chi connectivity index (χ2n) is 4.46. The van der Waals surface area contributed by atoms with Crippen molar-refractivity contribution in [1.29, 1.82) is 0 Å². The summed E-state index contributed by atoms with van der Waals surface area (Å²) >= 11 is 7.49. The highest BCUT2D eigenvalue weighted by molar-refractivity contribution is 7.11. The van der Waals surface area contributed by atoms with E-state index in [-0.39, 0.29) is 12.5 Å². The molecule has 1 aromatic heterocycles. The summed E-state index contributed by atoms with van der Waals surface area (Å²) in [4.78, 5) is 12.6. The van der Waals surface area contributed by atoms with E-state index < -0.39 is 0 Å². The van der Waals surface area contributed by atoms with Gasteiger partial charge in [-0.3, -0.25) is 4.79 Å². The molecule has 110 valence electrons. The van der Waals surface area contributed by atoms with Gasteiger partial charge in [0, 0.05) is 9.90 Å². The van der Waals surface area contributed by atoms with Gasteiger partial charge in [-0.1, -0.05) is 11.6 Å². The van der Waals surface area contributed by atoms with Gasteiger partial charge in [0.1, 0.15) is 5.75 Å². The molecule has 0 atom stereocenters. The van der Waals surface area contributed by atoms with Crippen molar-refractivity contribution in [1.82, 2.24) is 5.43 Å². The first kappa shape index (κ1) is 15.5. The number of rotatable bonds is 5. The Morgan fingerprint density at radius 3 is 2.86 bits per heavy atom. The SMILES string of the molecule is Cc1cc(OCC(=O)N/N=C/c2sccc2C)ccc1Cl. The van der Waals surface area contributed by atoms with Crippen LogP contribution in [0.3, 0.4) is 0 Å². The normalized spacial score (nSPS) is 10.8. The highest BCUT2D eigenvalue weighted by Crippen LogP contribution is 2.20. The minimum atomic E-state index is -0.312. The predicted octanol–water partition coefficient (Wildman–Crippen LogP) is 3.55. The minimum Gasteiger partial charge on any atom is -0.484 e.